The van der Waals surface area contributed by atoms with Crippen LogP contribution in [0.1, 0.15) is 24.4 Å². The van der Waals surface area contributed by atoms with Crippen LogP contribution < -0.4 is 5.73 Å². The van der Waals surface area contributed by atoms with Gasteiger partial charge in [-0.3, -0.25) is 0 Å². The van der Waals surface area contributed by atoms with Crippen LogP contribution in [0.4, 0.5) is 4.39 Å². The molecule has 64 valence electrons. The molecule has 0 amide bonds. The molecule has 1 aliphatic carbocycles. The van der Waals surface area contributed by atoms with E-state index in [-0.39, 0.29) is 6.04 Å². The van der Waals surface area contributed by atoms with Crippen LogP contribution >= 0.6 is 0 Å². The van der Waals surface area contributed by atoms with E-state index >= 15 is 0 Å². The zero-order chi connectivity index (χ0) is 8.55. The van der Waals surface area contributed by atoms with E-state index in [1.54, 1.807) is 6.07 Å². The first kappa shape index (κ1) is 7.68. The molecule has 0 aliphatic heterocycles. The first-order valence-corrected chi connectivity index (χ1v) is 4.14. The first-order chi connectivity index (χ1) is 5.77. The summed E-state index contributed by atoms with van der Waals surface area (Å²) in [4.78, 5) is 3.48. The lowest BCUT2D eigenvalue weighted by molar-refractivity contribution is 0.568. The summed E-state index contributed by atoms with van der Waals surface area (Å²) in [5.74, 6) is 0.121. The molecule has 1 unspecified atom stereocenters. The highest BCUT2D eigenvalue weighted by atomic mass is 19.1. The van der Waals surface area contributed by atoms with Crippen LogP contribution in [0.5, 0.6) is 0 Å². The molecular weight excluding hydrogens is 155 g/mol. The summed E-state index contributed by atoms with van der Waals surface area (Å²) < 4.78 is 12.6. The van der Waals surface area contributed by atoms with Gasteiger partial charge in [0, 0.05) is 12.2 Å². The van der Waals surface area contributed by atoms with Crippen LogP contribution in [0.3, 0.4) is 0 Å². The molecule has 0 saturated heterocycles. The van der Waals surface area contributed by atoms with Crippen molar-refractivity contribution in [3.8, 4) is 0 Å². The van der Waals surface area contributed by atoms with Crippen molar-refractivity contribution < 1.29 is 4.39 Å². The van der Waals surface area contributed by atoms with Gasteiger partial charge < -0.3 is 5.73 Å². The minimum atomic E-state index is -0.441. The fraction of sp³-hybridized carbons (Fsp3) is 0.444. The predicted molar refractivity (Wildman–Crippen MR) is 43.8 cm³/mol. The molecule has 1 fully saturated rings. The molecule has 1 aliphatic rings. The summed E-state index contributed by atoms with van der Waals surface area (Å²) >= 11 is 0. The van der Waals surface area contributed by atoms with Gasteiger partial charge in [0.25, 0.3) is 0 Å². The molecule has 1 aromatic heterocycles. The Hall–Kier alpha value is -0.960. The van der Waals surface area contributed by atoms with Crippen LogP contribution in [0.2, 0.25) is 0 Å². The molecule has 12 heavy (non-hydrogen) atoms. The Labute approximate surface area is 70.6 Å². The smallest absolute Gasteiger partial charge is 0.213 e. The van der Waals surface area contributed by atoms with Gasteiger partial charge in [-0.05, 0) is 36.5 Å². The number of aromatic nitrogens is 1. The van der Waals surface area contributed by atoms with Gasteiger partial charge >= 0.3 is 0 Å². The molecule has 1 atom stereocenters. The summed E-state index contributed by atoms with van der Waals surface area (Å²) in [6, 6.07) is 3.21. The predicted octanol–water partition coefficient (Wildman–Crippen LogP) is 1.63. The van der Waals surface area contributed by atoms with Crippen LogP contribution in [-0.2, 0) is 0 Å². The van der Waals surface area contributed by atoms with Crippen LogP contribution in [-0.4, -0.2) is 4.98 Å². The summed E-state index contributed by atoms with van der Waals surface area (Å²) in [5, 5.41) is 0. The van der Waals surface area contributed by atoms with Crippen molar-refractivity contribution in [3.05, 3.63) is 29.8 Å². The maximum absolute atomic E-state index is 12.6. The SMILES string of the molecule is NC(c1ccnc(F)c1)C1CC1. The Morgan fingerprint density at radius 1 is 1.58 bits per heavy atom. The molecule has 1 saturated carbocycles. The molecule has 2 rings (SSSR count). The molecule has 1 heterocycles. The molecule has 0 bridgehead atoms. The van der Waals surface area contributed by atoms with E-state index in [1.165, 1.54) is 25.1 Å². The third-order valence-corrected chi connectivity index (χ3v) is 2.27. The lowest BCUT2D eigenvalue weighted by Gasteiger charge is -2.09. The lowest BCUT2D eigenvalue weighted by atomic mass is 10.1. The highest BCUT2D eigenvalue weighted by Crippen LogP contribution is 2.39. The molecule has 1 aromatic rings. The Morgan fingerprint density at radius 2 is 2.33 bits per heavy atom. The molecule has 3 heteroatoms. The van der Waals surface area contributed by atoms with Crippen molar-refractivity contribution in [3.63, 3.8) is 0 Å². The van der Waals surface area contributed by atoms with Crippen molar-refractivity contribution >= 4 is 0 Å². The third-order valence-electron chi connectivity index (χ3n) is 2.27. The first-order valence-electron chi connectivity index (χ1n) is 4.14. The van der Waals surface area contributed by atoms with E-state index in [0.717, 1.165) is 5.56 Å². The number of nitrogens with two attached hydrogens (primary N) is 1. The largest absolute Gasteiger partial charge is 0.324 e. The van der Waals surface area contributed by atoms with E-state index in [1.807, 2.05) is 0 Å². The number of rotatable bonds is 2. The van der Waals surface area contributed by atoms with Gasteiger partial charge in [-0.25, -0.2) is 4.98 Å². The minimum absolute atomic E-state index is 0.00231. The summed E-state index contributed by atoms with van der Waals surface area (Å²) in [6.07, 6.45) is 3.81. The second-order valence-electron chi connectivity index (χ2n) is 3.28. The van der Waals surface area contributed by atoms with Crippen LogP contribution in [0.25, 0.3) is 0 Å². The van der Waals surface area contributed by atoms with Crippen molar-refractivity contribution in [1.82, 2.24) is 4.98 Å². The summed E-state index contributed by atoms with van der Waals surface area (Å²) in [7, 11) is 0. The zero-order valence-corrected chi connectivity index (χ0v) is 6.70. The highest BCUT2D eigenvalue weighted by Gasteiger charge is 2.29. The van der Waals surface area contributed by atoms with E-state index < -0.39 is 5.95 Å². The Bertz CT molecular complexity index is 284. The van der Waals surface area contributed by atoms with E-state index in [9.17, 15) is 4.39 Å². The number of hydrogen-bond donors (Lipinski definition) is 1. The normalized spacial score (nSPS) is 19.2. The molecule has 0 aromatic carbocycles. The number of pyridine rings is 1. The van der Waals surface area contributed by atoms with Gasteiger partial charge in [-0.1, -0.05) is 0 Å². The standard InChI is InChI=1S/C9H11FN2/c10-8-5-7(3-4-12-8)9(11)6-1-2-6/h3-6,9H,1-2,11H2. The van der Waals surface area contributed by atoms with E-state index in [4.69, 9.17) is 5.73 Å². The number of nitrogens with zero attached hydrogens (tertiary/aromatic N) is 1. The fourth-order valence-corrected chi connectivity index (χ4v) is 1.35. The maximum Gasteiger partial charge on any atom is 0.213 e. The van der Waals surface area contributed by atoms with Crippen LogP contribution in [0, 0.1) is 11.9 Å². The number of hydrogen-bond acceptors (Lipinski definition) is 2. The Kier molecular flexibility index (Phi) is 1.81. The average molecular weight is 166 g/mol. The van der Waals surface area contributed by atoms with Crippen molar-refractivity contribution in [1.29, 1.82) is 0 Å². The Balaban J connectivity index is 2.20. The van der Waals surface area contributed by atoms with Crippen molar-refractivity contribution in [2.45, 2.75) is 18.9 Å². The second-order valence-corrected chi connectivity index (χ2v) is 3.28. The van der Waals surface area contributed by atoms with Crippen molar-refractivity contribution in [2.75, 3.05) is 0 Å². The lowest BCUT2D eigenvalue weighted by Crippen LogP contribution is -2.12. The topological polar surface area (TPSA) is 38.9 Å². The Morgan fingerprint density at radius 3 is 2.92 bits per heavy atom. The number of halogens is 1. The van der Waals surface area contributed by atoms with Gasteiger partial charge in [0.1, 0.15) is 0 Å². The molecule has 0 spiro atoms. The van der Waals surface area contributed by atoms with Crippen LogP contribution in [0.15, 0.2) is 18.3 Å². The zero-order valence-electron chi connectivity index (χ0n) is 6.70. The fourth-order valence-electron chi connectivity index (χ4n) is 1.35. The van der Waals surface area contributed by atoms with Gasteiger partial charge in [-0.2, -0.15) is 4.39 Å². The molecule has 2 N–H and O–H groups in total. The van der Waals surface area contributed by atoms with Gasteiger partial charge in [0.15, 0.2) is 0 Å². The highest BCUT2D eigenvalue weighted by molar-refractivity contribution is 5.17. The minimum Gasteiger partial charge on any atom is -0.324 e. The monoisotopic (exact) mass is 166 g/mol. The van der Waals surface area contributed by atoms with E-state index in [2.05, 4.69) is 4.98 Å². The summed E-state index contributed by atoms with van der Waals surface area (Å²) in [6.45, 7) is 0. The maximum atomic E-state index is 12.6. The van der Waals surface area contributed by atoms with Gasteiger partial charge in [0.2, 0.25) is 5.95 Å². The summed E-state index contributed by atoms with van der Waals surface area (Å²) in [5.41, 5.74) is 6.74. The van der Waals surface area contributed by atoms with Gasteiger partial charge in [-0.15, -0.1) is 0 Å². The molecule has 0 radical (unpaired) electrons. The van der Waals surface area contributed by atoms with Gasteiger partial charge in [0.05, 0.1) is 0 Å². The quantitative estimate of drug-likeness (QED) is 0.678. The second kappa shape index (κ2) is 2.83. The average Bonchev–Trinajstić information content (AvgIpc) is 2.85. The molecule has 2 nitrogen and oxygen atoms in total. The third kappa shape index (κ3) is 1.46. The molecular formula is C9H11FN2. The van der Waals surface area contributed by atoms with E-state index in [0.29, 0.717) is 5.92 Å². The van der Waals surface area contributed by atoms with Crippen molar-refractivity contribution in [2.24, 2.45) is 11.7 Å².